The SMILES string of the molecule is COC(=O)c1nc(C)n(-c2ccccc2C(=O)OC)n1. The van der Waals surface area contributed by atoms with E-state index in [0.29, 0.717) is 17.1 Å². The summed E-state index contributed by atoms with van der Waals surface area (Å²) in [6.07, 6.45) is 0. The molecule has 7 heteroatoms. The van der Waals surface area contributed by atoms with Gasteiger partial charge >= 0.3 is 11.9 Å². The molecule has 0 aliphatic heterocycles. The molecule has 2 aromatic rings. The average Bonchev–Trinajstić information content (AvgIpc) is 2.87. The Kier molecular flexibility index (Phi) is 3.79. The van der Waals surface area contributed by atoms with E-state index in [4.69, 9.17) is 4.74 Å². The Hall–Kier alpha value is -2.70. The molecule has 7 nitrogen and oxygen atoms in total. The molecule has 0 bridgehead atoms. The summed E-state index contributed by atoms with van der Waals surface area (Å²) in [6, 6.07) is 6.76. The van der Waals surface area contributed by atoms with Crippen molar-refractivity contribution in [3.8, 4) is 5.69 Å². The summed E-state index contributed by atoms with van der Waals surface area (Å²) in [4.78, 5) is 27.2. The van der Waals surface area contributed by atoms with Gasteiger partial charge < -0.3 is 9.47 Å². The molecule has 0 amide bonds. The molecule has 0 aliphatic carbocycles. The van der Waals surface area contributed by atoms with E-state index in [1.807, 2.05) is 0 Å². The number of esters is 2. The van der Waals surface area contributed by atoms with Crippen LogP contribution in [0.1, 0.15) is 26.8 Å². The lowest BCUT2D eigenvalue weighted by molar-refractivity contribution is 0.0584. The summed E-state index contributed by atoms with van der Waals surface area (Å²) < 4.78 is 10.7. The lowest BCUT2D eigenvalue weighted by Gasteiger charge is -2.08. The minimum absolute atomic E-state index is 0.0651. The zero-order chi connectivity index (χ0) is 14.7. The van der Waals surface area contributed by atoms with Crippen LogP contribution in [0.5, 0.6) is 0 Å². The molecule has 1 aromatic carbocycles. The zero-order valence-corrected chi connectivity index (χ0v) is 11.3. The molecule has 104 valence electrons. The fourth-order valence-electron chi connectivity index (χ4n) is 1.74. The van der Waals surface area contributed by atoms with Crippen LogP contribution in [0.2, 0.25) is 0 Å². The topological polar surface area (TPSA) is 83.3 Å². The normalized spacial score (nSPS) is 10.2. The first-order valence-electron chi connectivity index (χ1n) is 5.78. The van der Waals surface area contributed by atoms with Gasteiger partial charge in [-0.25, -0.2) is 19.3 Å². The van der Waals surface area contributed by atoms with Gasteiger partial charge in [-0.15, -0.1) is 5.10 Å². The zero-order valence-electron chi connectivity index (χ0n) is 11.3. The molecule has 0 unspecified atom stereocenters. The van der Waals surface area contributed by atoms with Crippen molar-refractivity contribution in [2.75, 3.05) is 14.2 Å². The van der Waals surface area contributed by atoms with Crippen molar-refractivity contribution in [1.82, 2.24) is 14.8 Å². The summed E-state index contributed by atoms with van der Waals surface area (Å²) in [5.74, 6) is -0.732. The van der Waals surface area contributed by atoms with E-state index < -0.39 is 11.9 Å². The third-order valence-electron chi connectivity index (χ3n) is 2.67. The van der Waals surface area contributed by atoms with Crippen molar-refractivity contribution in [3.05, 3.63) is 41.5 Å². The number of benzene rings is 1. The number of hydrogen-bond acceptors (Lipinski definition) is 6. The third kappa shape index (κ3) is 2.37. The number of carbonyl (C=O) groups is 2. The van der Waals surface area contributed by atoms with Crippen LogP contribution < -0.4 is 0 Å². The molecule has 0 fully saturated rings. The lowest BCUT2D eigenvalue weighted by Crippen LogP contribution is -2.10. The van der Waals surface area contributed by atoms with Crippen molar-refractivity contribution in [2.24, 2.45) is 0 Å². The van der Waals surface area contributed by atoms with Crippen LogP contribution in [0.4, 0.5) is 0 Å². The van der Waals surface area contributed by atoms with E-state index in [0.717, 1.165) is 0 Å². The van der Waals surface area contributed by atoms with Gasteiger partial charge in [0.1, 0.15) is 5.82 Å². The molecule has 2 rings (SSSR count). The smallest absolute Gasteiger partial charge is 0.377 e. The Balaban J connectivity index is 2.55. The number of methoxy groups -OCH3 is 2. The van der Waals surface area contributed by atoms with Gasteiger partial charge in [-0.1, -0.05) is 12.1 Å². The van der Waals surface area contributed by atoms with Gasteiger partial charge in [0.25, 0.3) is 5.82 Å². The number of aryl methyl sites for hydroxylation is 1. The highest BCUT2D eigenvalue weighted by molar-refractivity contribution is 5.93. The van der Waals surface area contributed by atoms with Gasteiger partial charge in [0, 0.05) is 0 Å². The fraction of sp³-hybridized carbons (Fsp3) is 0.231. The number of nitrogens with zero attached hydrogens (tertiary/aromatic N) is 3. The van der Waals surface area contributed by atoms with Gasteiger partial charge in [-0.3, -0.25) is 0 Å². The molecule has 0 saturated heterocycles. The number of para-hydroxylation sites is 1. The van der Waals surface area contributed by atoms with Crippen LogP contribution in [-0.2, 0) is 9.47 Å². The van der Waals surface area contributed by atoms with Crippen LogP contribution in [0.3, 0.4) is 0 Å². The Labute approximate surface area is 115 Å². The lowest BCUT2D eigenvalue weighted by atomic mass is 10.2. The van der Waals surface area contributed by atoms with Crippen LogP contribution in [0.15, 0.2) is 24.3 Å². The van der Waals surface area contributed by atoms with Crippen molar-refractivity contribution in [1.29, 1.82) is 0 Å². The highest BCUT2D eigenvalue weighted by atomic mass is 16.5. The van der Waals surface area contributed by atoms with Crippen LogP contribution in [-0.4, -0.2) is 40.9 Å². The second kappa shape index (κ2) is 5.52. The predicted octanol–water partition coefficient (Wildman–Crippen LogP) is 1.15. The maximum atomic E-state index is 11.7. The molecule has 1 aromatic heterocycles. The Morgan fingerprint density at radius 2 is 1.75 bits per heavy atom. The Bertz CT molecular complexity index is 663. The third-order valence-corrected chi connectivity index (χ3v) is 2.67. The summed E-state index contributed by atoms with van der Waals surface area (Å²) >= 11 is 0. The van der Waals surface area contributed by atoms with E-state index in [-0.39, 0.29) is 5.82 Å². The second-order valence-corrected chi connectivity index (χ2v) is 3.89. The maximum absolute atomic E-state index is 11.7. The first-order valence-corrected chi connectivity index (χ1v) is 5.78. The van der Waals surface area contributed by atoms with Gasteiger partial charge in [-0.05, 0) is 19.1 Å². The van der Waals surface area contributed by atoms with Crippen molar-refractivity contribution in [3.63, 3.8) is 0 Å². The standard InChI is InChI=1S/C13H13N3O4/c1-8-14-11(13(18)20-3)15-16(8)10-7-5-4-6-9(10)12(17)19-2/h4-7H,1-3H3. The molecule has 20 heavy (non-hydrogen) atoms. The molecule has 0 radical (unpaired) electrons. The Morgan fingerprint density at radius 1 is 1.10 bits per heavy atom. The average molecular weight is 275 g/mol. The summed E-state index contributed by atoms with van der Waals surface area (Å²) in [6.45, 7) is 1.67. The van der Waals surface area contributed by atoms with E-state index in [9.17, 15) is 9.59 Å². The molecule has 0 atom stereocenters. The van der Waals surface area contributed by atoms with Crippen LogP contribution >= 0.6 is 0 Å². The molecular formula is C13H13N3O4. The predicted molar refractivity (Wildman–Crippen MR) is 68.8 cm³/mol. The Morgan fingerprint density at radius 3 is 2.40 bits per heavy atom. The van der Waals surface area contributed by atoms with Gasteiger partial charge in [-0.2, -0.15) is 0 Å². The largest absolute Gasteiger partial charge is 0.465 e. The van der Waals surface area contributed by atoms with E-state index in [2.05, 4.69) is 14.8 Å². The quantitative estimate of drug-likeness (QED) is 0.781. The van der Waals surface area contributed by atoms with E-state index in [1.54, 1.807) is 31.2 Å². The van der Waals surface area contributed by atoms with Crippen molar-refractivity contribution >= 4 is 11.9 Å². The molecule has 0 N–H and O–H groups in total. The first kappa shape index (κ1) is 13.7. The summed E-state index contributed by atoms with van der Waals surface area (Å²) in [5.41, 5.74) is 0.818. The molecular weight excluding hydrogens is 262 g/mol. The van der Waals surface area contributed by atoms with Crippen molar-refractivity contribution < 1.29 is 19.1 Å². The number of aromatic nitrogens is 3. The van der Waals surface area contributed by atoms with Gasteiger partial charge in [0.15, 0.2) is 0 Å². The minimum Gasteiger partial charge on any atom is -0.465 e. The maximum Gasteiger partial charge on any atom is 0.377 e. The number of rotatable bonds is 3. The molecule has 1 heterocycles. The minimum atomic E-state index is -0.637. The molecule has 0 spiro atoms. The molecule has 0 aliphatic rings. The van der Waals surface area contributed by atoms with Gasteiger partial charge in [0.2, 0.25) is 0 Å². The number of ether oxygens (including phenoxy) is 2. The van der Waals surface area contributed by atoms with E-state index in [1.165, 1.54) is 18.9 Å². The highest BCUT2D eigenvalue weighted by Gasteiger charge is 2.19. The number of carbonyl (C=O) groups excluding carboxylic acids is 2. The van der Waals surface area contributed by atoms with Crippen LogP contribution in [0, 0.1) is 6.92 Å². The van der Waals surface area contributed by atoms with E-state index >= 15 is 0 Å². The van der Waals surface area contributed by atoms with Gasteiger partial charge in [0.05, 0.1) is 25.5 Å². The van der Waals surface area contributed by atoms with Crippen molar-refractivity contribution in [2.45, 2.75) is 6.92 Å². The fourth-order valence-corrected chi connectivity index (χ4v) is 1.74. The number of hydrogen-bond donors (Lipinski definition) is 0. The second-order valence-electron chi connectivity index (χ2n) is 3.89. The monoisotopic (exact) mass is 275 g/mol. The summed E-state index contributed by atoms with van der Waals surface area (Å²) in [5, 5.41) is 4.05. The van der Waals surface area contributed by atoms with Crippen LogP contribution in [0.25, 0.3) is 5.69 Å². The first-order chi connectivity index (χ1) is 9.58. The summed E-state index contributed by atoms with van der Waals surface area (Å²) in [7, 11) is 2.55. The molecule has 0 saturated carbocycles. The highest BCUT2D eigenvalue weighted by Crippen LogP contribution is 2.16.